The molecule has 0 saturated carbocycles. The average molecular weight is 184 g/mol. The fraction of sp³-hybridized carbons (Fsp3) is 1.00. The number of hydrogen-bond acceptors (Lipinski definition) is 1. The van der Waals surface area contributed by atoms with Crippen LogP contribution in [0.25, 0.3) is 0 Å². The van der Waals surface area contributed by atoms with Crippen molar-refractivity contribution >= 4 is 0 Å². The topological polar surface area (TPSA) is 20.2 Å². The van der Waals surface area contributed by atoms with Crippen LogP contribution < -0.4 is 0 Å². The highest BCUT2D eigenvalue weighted by Crippen LogP contribution is 2.23. The maximum Gasteiger partial charge on any atom is 0.414 e. The molecule has 0 aromatic rings. The fourth-order valence-electron chi connectivity index (χ4n) is 0.928. The third kappa shape index (κ3) is 5.41. The van der Waals surface area contributed by atoms with E-state index in [4.69, 9.17) is 5.11 Å². The SMILES string of the molecule is CCCCCC[C@H](O)C(F)(F)F. The summed E-state index contributed by atoms with van der Waals surface area (Å²) in [5, 5.41) is 8.56. The minimum Gasteiger partial charge on any atom is -0.384 e. The van der Waals surface area contributed by atoms with Crippen LogP contribution in [0.4, 0.5) is 13.2 Å². The largest absolute Gasteiger partial charge is 0.414 e. The lowest BCUT2D eigenvalue weighted by Gasteiger charge is -2.13. The molecule has 1 N–H and O–H groups in total. The zero-order valence-electron chi connectivity index (χ0n) is 7.19. The Morgan fingerprint density at radius 1 is 1.17 bits per heavy atom. The molecule has 0 heterocycles. The second-order valence-corrected chi connectivity index (χ2v) is 2.91. The fourth-order valence-corrected chi connectivity index (χ4v) is 0.928. The van der Waals surface area contributed by atoms with Gasteiger partial charge in [0.25, 0.3) is 0 Å². The van der Waals surface area contributed by atoms with Gasteiger partial charge in [-0.1, -0.05) is 32.6 Å². The molecule has 0 rings (SSSR count). The Morgan fingerprint density at radius 3 is 2.17 bits per heavy atom. The van der Waals surface area contributed by atoms with E-state index in [0.717, 1.165) is 19.3 Å². The van der Waals surface area contributed by atoms with Crippen molar-refractivity contribution in [3.05, 3.63) is 0 Å². The van der Waals surface area contributed by atoms with Crippen LogP contribution in [0.15, 0.2) is 0 Å². The Hall–Kier alpha value is -0.250. The van der Waals surface area contributed by atoms with E-state index in [9.17, 15) is 13.2 Å². The third-order valence-corrected chi connectivity index (χ3v) is 1.71. The minimum atomic E-state index is -4.44. The van der Waals surface area contributed by atoms with Crippen molar-refractivity contribution in [3.63, 3.8) is 0 Å². The minimum absolute atomic E-state index is 0.163. The monoisotopic (exact) mass is 184 g/mol. The molecule has 4 heteroatoms. The zero-order valence-corrected chi connectivity index (χ0v) is 7.19. The number of aliphatic hydroxyl groups is 1. The van der Waals surface area contributed by atoms with Gasteiger partial charge >= 0.3 is 6.18 Å². The molecule has 0 amide bonds. The van der Waals surface area contributed by atoms with Crippen LogP contribution in [0.5, 0.6) is 0 Å². The standard InChI is InChI=1S/C8H15F3O/c1-2-3-4-5-6-7(12)8(9,10)11/h7,12H,2-6H2,1H3/t7-/m0/s1. The normalized spacial score (nSPS) is 14.8. The highest BCUT2D eigenvalue weighted by molar-refractivity contribution is 4.64. The first-order valence-electron chi connectivity index (χ1n) is 4.23. The van der Waals surface area contributed by atoms with Gasteiger partial charge in [0.2, 0.25) is 0 Å². The summed E-state index contributed by atoms with van der Waals surface area (Å²) in [7, 11) is 0. The van der Waals surface area contributed by atoms with Gasteiger partial charge in [0, 0.05) is 0 Å². The van der Waals surface area contributed by atoms with Crippen molar-refractivity contribution < 1.29 is 18.3 Å². The van der Waals surface area contributed by atoms with Crippen LogP contribution >= 0.6 is 0 Å². The molecule has 1 atom stereocenters. The quantitative estimate of drug-likeness (QED) is 0.651. The Kier molecular flexibility index (Phi) is 5.29. The molecule has 0 aliphatic heterocycles. The molecular formula is C8H15F3O. The van der Waals surface area contributed by atoms with Gasteiger partial charge in [-0.25, -0.2) is 0 Å². The summed E-state index contributed by atoms with van der Waals surface area (Å²) >= 11 is 0. The lowest BCUT2D eigenvalue weighted by molar-refractivity contribution is -0.205. The van der Waals surface area contributed by atoms with Crippen LogP contribution in [0, 0.1) is 0 Å². The highest BCUT2D eigenvalue weighted by atomic mass is 19.4. The smallest absolute Gasteiger partial charge is 0.384 e. The summed E-state index contributed by atoms with van der Waals surface area (Å²) in [5.74, 6) is 0. The van der Waals surface area contributed by atoms with E-state index >= 15 is 0 Å². The maximum absolute atomic E-state index is 11.7. The molecule has 0 spiro atoms. The van der Waals surface area contributed by atoms with E-state index in [2.05, 4.69) is 0 Å². The summed E-state index contributed by atoms with van der Waals surface area (Å²) in [6.45, 7) is 1.99. The van der Waals surface area contributed by atoms with Gasteiger partial charge in [-0.3, -0.25) is 0 Å². The van der Waals surface area contributed by atoms with Gasteiger partial charge in [0.15, 0.2) is 0 Å². The Labute approximate surface area is 70.6 Å². The van der Waals surface area contributed by atoms with Gasteiger partial charge in [-0.2, -0.15) is 13.2 Å². The number of halogens is 3. The van der Waals surface area contributed by atoms with E-state index in [1.54, 1.807) is 0 Å². The Balaban J connectivity index is 3.38. The van der Waals surface area contributed by atoms with Gasteiger partial charge in [-0.15, -0.1) is 0 Å². The average Bonchev–Trinajstić information content (AvgIpc) is 1.96. The third-order valence-electron chi connectivity index (χ3n) is 1.71. The molecule has 0 aromatic heterocycles. The zero-order chi connectivity index (χ0) is 9.61. The molecule has 0 radical (unpaired) electrons. The van der Waals surface area contributed by atoms with E-state index in [-0.39, 0.29) is 6.42 Å². The lowest BCUT2D eigenvalue weighted by atomic mass is 10.1. The summed E-state index contributed by atoms with van der Waals surface area (Å²) in [5.41, 5.74) is 0. The molecule has 0 fully saturated rings. The number of rotatable bonds is 5. The molecule has 0 saturated heterocycles. The molecule has 0 aliphatic carbocycles. The van der Waals surface area contributed by atoms with Crippen molar-refractivity contribution in [1.29, 1.82) is 0 Å². The predicted molar refractivity (Wildman–Crippen MR) is 40.8 cm³/mol. The molecule has 0 unspecified atom stereocenters. The molecule has 0 aromatic carbocycles. The first kappa shape index (κ1) is 11.8. The Bertz CT molecular complexity index is 111. The van der Waals surface area contributed by atoms with Gasteiger partial charge in [0.1, 0.15) is 6.10 Å². The summed E-state index contributed by atoms with van der Waals surface area (Å²) in [6, 6.07) is 0. The number of alkyl halides is 3. The Morgan fingerprint density at radius 2 is 1.75 bits per heavy atom. The van der Waals surface area contributed by atoms with Gasteiger partial charge in [-0.05, 0) is 6.42 Å². The molecule has 74 valence electrons. The van der Waals surface area contributed by atoms with Crippen LogP contribution in [0.2, 0.25) is 0 Å². The first-order valence-corrected chi connectivity index (χ1v) is 4.23. The van der Waals surface area contributed by atoms with Crippen LogP contribution in [-0.4, -0.2) is 17.4 Å². The second-order valence-electron chi connectivity index (χ2n) is 2.91. The second kappa shape index (κ2) is 5.41. The van der Waals surface area contributed by atoms with Crippen molar-refractivity contribution in [2.75, 3.05) is 0 Å². The summed E-state index contributed by atoms with van der Waals surface area (Å²) in [4.78, 5) is 0. The van der Waals surface area contributed by atoms with Crippen LogP contribution in [0.1, 0.15) is 39.0 Å². The number of unbranched alkanes of at least 4 members (excludes halogenated alkanes) is 3. The molecular weight excluding hydrogens is 169 g/mol. The summed E-state index contributed by atoms with van der Waals surface area (Å²) in [6.07, 6.45) is -3.59. The van der Waals surface area contributed by atoms with Crippen molar-refractivity contribution in [1.82, 2.24) is 0 Å². The number of hydrogen-bond donors (Lipinski definition) is 1. The van der Waals surface area contributed by atoms with E-state index < -0.39 is 12.3 Å². The van der Waals surface area contributed by atoms with Gasteiger partial charge in [0.05, 0.1) is 0 Å². The van der Waals surface area contributed by atoms with Crippen LogP contribution in [-0.2, 0) is 0 Å². The first-order chi connectivity index (χ1) is 5.48. The molecule has 12 heavy (non-hydrogen) atoms. The van der Waals surface area contributed by atoms with Crippen molar-refractivity contribution in [2.24, 2.45) is 0 Å². The van der Waals surface area contributed by atoms with E-state index in [0.29, 0.717) is 6.42 Å². The van der Waals surface area contributed by atoms with Crippen molar-refractivity contribution in [3.8, 4) is 0 Å². The van der Waals surface area contributed by atoms with E-state index in [1.165, 1.54) is 0 Å². The van der Waals surface area contributed by atoms with E-state index in [1.807, 2.05) is 6.92 Å². The molecule has 0 bridgehead atoms. The van der Waals surface area contributed by atoms with Gasteiger partial charge < -0.3 is 5.11 Å². The maximum atomic E-state index is 11.7. The van der Waals surface area contributed by atoms with Crippen molar-refractivity contribution in [2.45, 2.75) is 51.3 Å². The lowest BCUT2D eigenvalue weighted by Crippen LogP contribution is -2.28. The molecule has 0 aliphatic rings. The predicted octanol–water partition coefficient (Wildman–Crippen LogP) is 2.88. The summed E-state index contributed by atoms with van der Waals surface area (Å²) < 4.78 is 35.1. The highest BCUT2D eigenvalue weighted by Gasteiger charge is 2.37. The van der Waals surface area contributed by atoms with Crippen LogP contribution in [0.3, 0.4) is 0 Å². The number of aliphatic hydroxyl groups excluding tert-OH is 1. The molecule has 1 nitrogen and oxygen atoms in total.